The van der Waals surface area contributed by atoms with Gasteiger partial charge in [0.1, 0.15) is 0 Å². The Balaban J connectivity index is 2.08. The molecule has 1 aromatic carbocycles. The van der Waals surface area contributed by atoms with Crippen LogP contribution in [0.25, 0.3) is 22.4 Å². The summed E-state index contributed by atoms with van der Waals surface area (Å²) in [6, 6.07) is 14.1. The van der Waals surface area contributed by atoms with Gasteiger partial charge in [-0.25, -0.2) is 4.79 Å². The van der Waals surface area contributed by atoms with Crippen molar-refractivity contribution >= 4 is 5.97 Å². The van der Waals surface area contributed by atoms with E-state index >= 15 is 0 Å². The lowest BCUT2D eigenvalue weighted by atomic mass is 9.97. The normalized spacial score (nSPS) is 10.0. The summed E-state index contributed by atoms with van der Waals surface area (Å²) in [5, 5.41) is 18.5. The summed E-state index contributed by atoms with van der Waals surface area (Å²) in [5.41, 5.74) is 3.57. The van der Waals surface area contributed by atoms with Gasteiger partial charge in [-0.05, 0) is 41.5 Å². The summed E-state index contributed by atoms with van der Waals surface area (Å²) in [4.78, 5) is 19.2. The predicted octanol–water partition coefficient (Wildman–Crippen LogP) is 3.38. The summed E-state index contributed by atoms with van der Waals surface area (Å²) in [5.74, 6) is -1.01. The predicted molar refractivity (Wildman–Crippen MR) is 84.6 cm³/mol. The molecule has 0 unspecified atom stereocenters. The van der Waals surface area contributed by atoms with Gasteiger partial charge in [-0.2, -0.15) is 5.26 Å². The molecule has 0 amide bonds. The van der Waals surface area contributed by atoms with Crippen LogP contribution in [0.3, 0.4) is 0 Å². The summed E-state index contributed by atoms with van der Waals surface area (Å²) < 4.78 is 0. The third-order valence-electron chi connectivity index (χ3n) is 3.43. The summed E-state index contributed by atoms with van der Waals surface area (Å²) >= 11 is 0. The van der Waals surface area contributed by atoms with E-state index < -0.39 is 5.97 Å². The number of nitriles is 1. The minimum absolute atomic E-state index is 0.159. The molecule has 2 aromatic heterocycles. The first-order valence-corrected chi connectivity index (χ1v) is 6.83. The lowest BCUT2D eigenvalue weighted by molar-refractivity contribution is 0.0697. The Morgan fingerprint density at radius 2 is 1.78 bits per heavy atom. The molecule has 1 N–H and O–H groups in total. The van der Waals surface area contributed by atoms with Gasteiger partial charge in [0.2, 0.25) is 0 Å². The molecule has 5 heteroatoms. The van der Waals surface area contributed by atoms with Crippen LogP contribution in [0, 0.1) is 11.3 Å². The molecule has 110 valence electrons. The van der Waals surface area contributed by atoms with Gasteiger partial charge in [-0.1, -0.05) is 12.1 Å². The van der Waals surface area contributed by atoms with Gasteiger partial charge in [0, 0.05) is 24.2 Å². The lowest BCUT2D eigenvalue weighted by Gasteiger charge is -2.07. The average Bonchev–Trinajstić information content (AvgIpc) is 2.62. The number of carboxylic acids is 1. The van der Waals surface area contributed by atoms with E-state index in [2.05, 4.69) is 16.0 Å². The van der Waals surface area contributed by atoms with Crippen LogP contribution in [0.4, 0.5) is 0 Å². The van der Waals surface area contributed by atoms with Crippen LogP contribution in [-0.4, -0.2) is 21.0 Å². The third kappa shape index (κ3) is 2.92. The molecule has 5 nitrogen and oxygen atoms in total. The molecule has 0 spiro atoms. The van der Waals surface area contributed by atoms with Crippen LogP contribution < -0.4 is 0 Å². The fourth-order valence-corrected chi connectivity index (χ4v) is 2.30. The van der Waals surface area contributed by atoms with Gasteiger partial charge >= 0.3 is 5.97 Å². The smallest absolute Gasteiger partial charge is 0.335 e. The summed E-state index contributed by atoms with van der Waals surface area (Å²) in [6.45, 7) is 0. The molecule has 0 aliphatic rings. The van der Waals surface area contributed by atoms with Crippen LogP contribution >= 0.6 is 0 Å². The second-order valence-electron chi connectivity index (χ2n) is 4.84. The van der Waals surface area contributed by atoms with Crippen molar-refractivity contribution < 1.29 is 9.90 Å². The number of benzene rings is 1. The Morgan fingerprint density at radius 1 is 1.00 bits per heavy atom. The number of hydrogen-bond donors (Lipinski definition) is 1. The Labute approximate surface area is 132 Å². The monoisotopic (exact) mass is 301 g/mol. The highest BCUT2D eigenvalue weighted by atomic mass is 16.4. The van der Waals surface area contributed by atoms with Crippen molar-refractivity contribution in [1.82, 2.24) is 9.97 Å². The van der Waals surface area contributed by atoms with E-state index in [4.69, 9.17) is 5.11 Å². The van der Waals surface area contributed by atoms with Gasteiger partial charge in [0.25, 0.3) is 0 Å². The summed E-state index contributed by atoms with van der Waals surface area (Å²) in [7, 11) is 0. The number of rotatable bonds is 3. The number of hydrogen-bond acceptors (Lipinski definition) is 4. The topological polar surface area (TPSA) is 86.9 Å². The number of carboxylic acid groups (broad SMARTS) is 1. The van der Waals surface area contributed by atoms with Gasteiger partial charge in [0.05, 0.1) is 22.9 Å². The standard InChI is InChI=1S/C18H11N3O2/c19-11-15-9-13(17-10-14(18(22)23)5-8-21-17)1-2-16(15)12-3-6-20-7-4-12/h1-10H,(H,22,23). The molecule has 0 atom stereocenters. The largest absolute Gasteiger partial charge is 0.478 e. The van der Waals surface area contributed by atoms with Crippen molar-refractivity contribution in [1.29, 1.82) is 5.26 Å². The molecule has 0 bridgehead atoms. The van der Waals surface area contributed by atoms with Crippen LogP contribution in [0.2, 0.25) is 0 Å². The van der Waals surface area contributed by atoms with Crippen molar-refractivity contribution in [3.05, 3.63) is 72.2 Å². The first-order chi connectivity index (χ1) is 11.2. The third-order valence-corrected chi connectivity index (χ3v) is 3.43. The zero-order chi connectivity index (χ0) is 16.2. The lowest BCUT2D eigenvalue weighted by Crippen LogP contribution is -1.97. The Bertz CT molecular complexity index is 915. The molecule has 0 aliphatic carbocycles. The zero-order valence-corrected chi connectivity index (χ0v) is 12.0. The molecule has 0 radical (unpaired) electrons. The number of aromatic carboxylic acids is 1. The second-order valence-corrected chi connectivity index (χ2v) is 4.84. The molecule has 0 aliphatic heterocycles. The summed E-state index contributed by atoms with van der Waals surface area (Å²) in [6.07, 6.45) is 4.78. The van der Waals surface area contributed by atoms with E-state index in [1.54, 1.807) is 18.5 Å². The first-order valence-electron chi connectivity index (χ1n) is 6.83. The Kier molecular flexibility index (Phi) is 3.81. The maximum absolute atomic E-state index is 11.1. The van der Waals surface area contributed by atoms with Crippen LogP contribution in [0.15, 0.2) is 61.1 Å². The Hall–Kier alpha value is -3.52. The second kappa shape index (κ2) is 6.08. The molecule has 2 heterocycles. The Morgan fingerprint density at radius 3 is 2.48 bits per heavy atom. The highest BCUT2D eigenvalue weighted by Gasteiger charge is 2.10. The van der Waals surface area contributed by atoms with Gasteiger partial charge in [-0.3, -0.25) is 9.97 Å². The number of pyridine rings is 2. The molecular formula is C18H11N3O2. The molecule has 3 rings (SSSR count). The SMILES string of the molecule is N#Cc1cc(-c2cc(C(=O)O)ccn2)ccc1-c1ccncc1. The van der Waals surface area contributed by atoms with Crippen LogP contribution in [0.1, 0.15) is 15.9 Å². The van der Waals surface area contributed by atoms with Crippen molar-refractivity contribution in [2.75, 3.05) is 0 Å². The number of nitrogens with zero attached hydrogens (tertiary/aromatic N) is 3. The maximum Gasteiger partial charge on any atom is 0.335 e. The van der Waals surface area contributed by atoms with E-state index in [0.29, 0.717) is 16.8 Å². The van der Waals surface area contributed by atoms with Crippen molar-refractivity contribution in [2.24, 2.45) is 0 Å². The minimum Gasteiger partial charge on any atom is -0.478 e. The fraction of sp³-hybridized carbons (Fsp3) is 0. The maximum atomic E-state index is 11.1. The number of aromatic nitrogens is 2. The molecule has 3 aromatic rings. The highest BCUT2D eigenvalue weighted by Crippen LogP contribution is 2.27. The highest BCUT2D eigenvalue weighted by molar-refractivity contribution is 5.89. The van der Waals surface area contributed by atoms with E-state index in [9.17, 15) is 10.1 Å². The molecule has 0 saturated heterocycles. The number of carbonyl (C=O) groups is 1. The van der Waals surface area contributed by atoms with E-state index in [1.807, 2.05) is 24.3 Å². The van der Waals surface area contributed by atoms with Crippen LogP contribution in [-0.2, 0) is 0 Å². The fourth-order valence-electron chi connectivity index (χ4n) is 2.30. The van der Waals surface area contributed by atoms with E-state index in [-0.39, 0.29) is 5.56 Å². The van der Waals surface area contributed by atoms with Crippen molar-refractivity contribution in [2.45, 2.75) is 0 Å². The van der Waals surface area contributed by atoms with Crippen molar-refractivity contribution in [3.8, 4) is 28.5 Å². The molecule has 23 heavy (non-hydrogen) atoms. The quantitative estimate of drug-likeness (QED) is 0.801. The first kappa shape index (κ1) is 14.4. The molecular weight excluding hydrogens is 290 g/mol. The minimum atomic E-state index is -1.01. The van der Waals surface area contributed by atoms with Crippen LogP contribution in [0.5, 0.6) is 0 Å². The van der Waals surface area contributed by atoms with E-state index in [0.717, 1.165) is 11.1 Å². The zero-order valence-electron chi connectivity index (χ0n) is 12.0. The van der Waals surface area contributed by atoms with Crippen molar-refractivity contribution in [3.63, 3.8) is 0 Å². The average molecular weight is 301 g/mol. The molecule has 0 saturated carbocycles. The van der Waals surface area contributed by atoms with E-state index in [1.165, 1.54) is 18.3 Å². The molecule has 0 fully saturated rings. The van der Waals surface area contributed by atoms with Gasteiger partial charge < -0.3 is 5.11 Å². The van der Waals surface area contributed by atoms with Gasteiger partial charge in [-0.15, -0.1) is 0 Å². The van der Waals surface area contributed by atoms with Gasteiger partial charge in [0.15, 0.2) is 0 Å².